The minimum atomic E-state index is -0.988. The first-order valence-electron chi connectivity index (χ1n) is 19.6. The summed E-state index contributed by atoms with van der Waals surface area (Å²) in [4.78, 5) is 26.1. The van der Waals surface area contributed by atoms with E-state index in [1.165, 1.54) is 115 Å². The largest absolute Gasteiger partial charge is 0.462 e. The lowest BCUT2D eigenvalue weighted by molar-refractivity contribution is -0.385. The number of ether oxygens (including phenoxy) is 2. The van der Waals surface area contributed by atoms with E-state index in [4.69, 9.17) is 32.7 Å². The van der Waals surface area contributed by atoms with Gasteiger partial charge in [-0.05, 0) is 50.1 Å². The van der Waals surface area contributed by atoms with Crippen molar-refractivity contribution in [2.24, 2.45) is 0 Å². The van der Waals surface area contributed by atoms with Crippen LogP contribution in [0.2, 0.25) is 10.0 Å². The lowest BCUT2D eigenvalue weighted by Gasteiger charge is -2.46. The van der Waals surface area contributed by atoms with E-state index in [0.29, 0.717) is 33.3 Å². The van der Waals surface area contributed by atoms with Gasteiger partial charge in [0.25, 0.3) is 5.69 Å². The SMILES string of the molecule is CCCCCCCCCCCCCCCCCCCCCC(=O)OCc1cc([N+](=O)[O-])cc2c1OC1(C=C2)N(C)c2c(Cl)cc(Cl)cc2C1(C)C. The van der Waals surface area contributed by atoms with Crippen LogP contribution in [0.3, 0.4) is 0 Å². The molecule has 0 aliphatic carbocycles. The first-order chi connectivity index (χ1) is 24.5. The second-order valence-corrected chi connectivity index (χ2v) is 16.0. The van der Waals surface area contributed by atoms with E-state index in [0.717, 1.165) is 30.5 Å². The highest BCUT2D eigenvalue weighted by atomic mass is 35.5. The molecule has 0 saturated carbocycles. The van der Waals surface area contributed by atoms with Crippen molar-refractivity contribution in [2.45, 2.75) is 167 Å². The lowest BCUT2D eigenvalue weighted by Crippen LogP contribution is -2.58. The molecule has 0 fully saturated rings. The molecule has 7 nitrogen and oxygen atoms in total. The average Bonchev–Trinajstić information content (AvgIpc) is 3.25. The van der Waals surface area contributed by atoms with Crippen molar-refractivity contribution in [1.29, 1.82) is 0 Å². The van der Waals surface area contributed by atoms with E-state index in [9.17, 15) is 14.9 Å². The Labute approximate surface area is 316 Å². The molecule has 0 N–H and O–H groups in total. The summed E-state index contributed by atoms with van der Waals surface area (Å²) in [6, 6.07) is 6.54. The number of nitrogens with zero attached hydrogens (tertiary/aromatic N) is 2. The fraction of sp³-hybridized carbons (Fsp3) is 0.643. The Morgan fingerprint density at radius 1 is 0.824 bits per heavy atom. The first-order valence-corrected chi connectivity index (χ1v) is 20.4. The van der Waals surface area contributed by atoms with Gasteiger partial charge in [0.15, 0.2) is 0 Å². The van der Waals surface area contributed by atoms with Gasteiger partial charge in [-0.15, -0.1) is 0 Å². The maximum atomic E-state index is 12.8. The standard InChI is InChI=1S/C42H60Cl2N2O5/c1-5-6-7-8-9-10-11-12-13-14-15-16-17-18-19-20-21-22-23-24-38(47)50-31-33-28-35(46(48)49)27-32-25-26-42(51-40(32)33)41(2,3)36-29-34(43)30-37(44)39(36)45(42)4/h25-30H,5-24,31H2,1-4H3. The zero-order chi connectivity index (χ0) is 36.9. The number of fused-ring (bicyclic) bond motifs is 2. The molecule has 282 valence electrons. The number of hydrogen-bond donors (Lipinski definition) is 0. The van der Waals surface area contributed by atoms with E-state index >= 15 is 0 Å². The van der Waals surface area contributed by atoms with Crippen LogP contribution in [-0.4, -0.2) is 23.7 Å². The topological polar surface area (TPSA) is 81.9 Å². The zero-order valence-electron chi connectivity index (χ0n) is 31.5. The molecule has 2 heterocycles. The van der Waals surface area contributed by atoms with Crippen LogP contribution in [-0.2, 0) is 21.6 Å². The minimum Gasteiger partial charge on any atom is -0.462 e. The molecule has 2 aromatic carbocycles. The highest BCUT2D eigenvalue weighted by Crippen LogP contribution is 2.57. The summed E-state index contributed by atoms with van der Waals surface area (Å²) in [7, 11) is 1.91. The number of nitro groups is 1. The summed E-state index contributed by atoms with van der Waals surface area (Å²) in [6.45, 7) is 6.28. The fourth-order valence-electron chi connectivity index (χ4n) is 7.81. The lowest BCUT2D eigenvalue weighted by atomic mass is 9.76. The molecule has 9 heteroatoms. The maximum Gasteiger partial charge on any atom is 0.306 e. The Kier molecular flexibility index (Phi) is 16.0. The van der Waals surface area contributed by atoms with Gasteiger partial charge >= 0.3 is 5.97 Å². The molecular formula is C42H60Cl2N2O5. The third kappa shape index (κ3) is 10.7. The zero-order valence-corrected chi connectivity index (χ0v) is 33.0. The van der Waals surface area contributed by atoms with E-state index < -0.39 is 16.1 Å². The van der Waals surface area contributed by atoms with Gasteiger partial charge in [-0.25, -0.2) is 0 Å². The molecule has 0 aromatic heterocycles. The number of nitro benzene ring substituents is 1. The van der Waals surface area contributed by atoms with Crippen LogP contribution in [0.25, 0.3) is 6.08 Å². The molecule has 2 aliphatic rings. The number of halogens is 2. The van der Waals surface area contributed by atoms with E-state index in [1.807, 2.05) is 30.2 Å². The number of benzene rings is 2. The van der Waals surface area contributed by atoms with Crippen molar-refractivity contribution in [3.05, 3.63) is 67.2 Å². The van der Waals surface area contributed by atoms with Gasteiger partial charge in [0.1, 0.15) is 12.4 Å². The minimum absolute atomic E-state index is 0.0834. The number of carbonyl (C=O) groups excluding carboxylic acids is 1. The van der Waals surface area contributed by atoms with Gasteiger partial charge in [0.2, 0.25) is 5.72 Å². The van der Waals surface area contributed by atoms with Crippen LogP contribution in [0.5, 0.6) is 5.75 Å². The third-order valence-electron chi connectivity index (χ3n) is 10.9. The third-order valence-corrected chi connectivity index (χ3v) is 11.4. The molecule has 2 aliphatic heterocycles. The van der Waals surface area contributed by atoms with Gasteiger partial charge in [-0.1, -0.05) is 146 Å². The molecule has 0 amide bonds. The number of unbranched alkanes of at least 4 members (excludes halogenated alkanes) is 18. The Bertz CT molecular complexity index is 1490. The molecule has 2 aromatic rings. The van der Waals surface area contributed by atoms with Gasteiger partial charge in [0.05, 0.1) is 21.0 Å². The monoisotopic (exact) mass is 742 g/mol. The predicted molar refractivity (Wildman–Crippen MR) is 211 cm³/mol. The summed E-state index contributed by atoms with van der Waals surface area (Å²) in [5.41, 5.74) is 1.09. The van der Waals surface area contributed by atoms with Crippen molar-refractivity contribution >= 4 is 46.6 Å². The normalized spacial score (nSPS) is 17.0. The van der Waals surface area contributed by atoms with Crippen LogP contribution in [0.4, 0.5) is 11.4 Å². The Morgan fingerprint density at radius 3 is 1.88 bits per heavy atom. The van der Waals surface area contributed by atoms with Crippen LogP contribution >= 0.6 is 23.2 Å². The van der Waals surface area contributed by atoms with Crippen LogP contribution in [0.15, 0.2) is 30.3 Å². The Balaban J connectivity index is 1.16. The average molecular weight is 744 g/mol. The molecule has 0 radical (unpaired) electrons. The van der Waals surface area contributed by atoms with Crippen molar-refractivity contribution in [1.82, 2.24) is 0 Å². The highest BCUT2D eigenvalue weighted by molar-refractivity contribution is 6.36. The second-order valence-electron chi connectivity index (χ2n) is 15.2. The van der Waals surface area contributed by atoms with Crippen LogP contribution in [0.1, 0.15) is 166 Å². The van der Waals surface area contributed by atoms with E-state index in [-0.39, 0.29) is 18.3 Å². The first kappa shape index (κ1) is 41.0. The molecule has 1 spiro atoms. The molecule has 51 heavy (non-hydrogen) atoms. The second kappa shape index (κ2) is 19.9. The molecule has 1 unspecified atom stereocenters. The van der Waals surface area contributed by atoms with Gasteiger partial charge < -0.3 is 14.4 Å². The van der Waals surface area contributed by atoms with Gasteiger partial charge in [-0.2, -0.15) is 0 Å². The Hall–Kier alpha value is -2.77. The van der Waals surface area contributed by atoms with Crippen LogP contribution < -0.4 is 9.64 Å². The number of carbonyl (C=O) groups is 1. The van der Waals surface area contributed by atoms with Crippen molar-refractivity contribution < 1.29 is 19.2 Å². The fourth-order valence-corrected chi connectivity index (χ4v) is 8.43. The summed E-state index contributed by atoms with van der Waals surface area (Å²) in [5, 5.41) is 12.8. The number of anilines is 1. The van der Waals surface area contributed by atoms with Crippen molar-refractivity contribution in [3.63, 3.8) is 0 Å². The Morgan fingerprint density at radius 2 is 1.35 bits per heavy atom. The molecule has 4 rings (SSSR count). The summed E-state index contributed by atoms with van der Waals surface area (Å²) < 4.78 is 12.5. The molecule has 1 atom stereocenters. The number of rotatable bonds is 23. The number of esters is 1. The number of likely N-dealkylation sites (N-methyl/N-ethyl adjacent to an activating group) is 1. The number of hydrogen-bond acceptors (Lipinski definition) is 6. The van der Waals surface area contributed by atoms with E-state index in [2.05, 4.69) is 20.8 Å². The predicted octanol–water partition coefficient (Wildman–Crippen LogP) is 13.3. The maximum absolute atomic E-state index is 12.8. The van der Waals surface area contributed by atoms with E-state index in [1.54, 1.807) is 6.07 Å². The summed E-state index contributed by atoms with van der Waals surface area (Å²) in [5.74, 6) is 0.143. The summed E-state index contributed by atoms with van der Waals surface area (Å²) >= 11 is 13.1. The molecular weight excluding hydrogens is 683 g/mol. The van der Waals surface area contributed by atoms with Gasteiger partial charge in [-0.3, -0.25) is 14.9 Å². The molecule has 0 saturated heterocycles. The van der Waals surface area contributed by atoms with Crippen molar-refractivity contribution in [3.8, 4) is 5.75 Å². The highest BCUT2D eigenvalue weighted by Gasteiger charge is 2.58. The molecule has 0 bridgehead atoms. The van der Waals surface area contributed by atoms with Gasteiger partial charge in [0, 0.05) is 41.8 Å². The quantitative estimate of drug-likeness (QED) is 0.0488. The van der Waals surface area contributed by atoms with Crippen LogP contribution in [0, 0.1) is 10.1 Å². The number of non-ortho nitro benzene ring substituents is 1. The van der Waals surface area contributed by atoms with Crippen molar-refractivity contribution in [2.75, 3.05) is 11.9 Å². The summed E-state index contributed by atoms with van der Waals surface area (Å²) in [6.07, 6.45) is 28.8. The smallest absolute Gasteiger partial charge is 0.306 e.